The second-order valence-electron chi connectivity index (χ2n) is 7.73. The van der Waals surface area contributed by atoms with E-state index in [0.29, 0.717) is 33.7 Å². The van der Waals surface area contributed by atoms with Crippen molar-refractivity contribution in [3.63, 3.8) is 0 Å². The maximum Gasteiger partial charge on any atom is 0.332 e. The number of rotatable bonds is 7. The Balaban J connectivity index is 1.32. The standard InChI is InChI=1S/C22H19FN6O2S2/c1-29-19(14-3-2-6-24-10-14)27-28-21(29)32-11-18-26-22(12-33-18,20(30)31)9-16-7-13-4-5-15(23)8-17(13)25-16/h2-8,10,25H,9,11-12H2,1H3,(H,30,31). The van der Waals surface area contributed by atoms with Crippen LogP contribution in [0.2, 0.25) is 0 Å². The fraction of sp³-hybridized carbons (Fsp3) is 0.227. The number of thioether (sulfide) groups is 2. The average Bonchev–Trinajstić information content (AvgIpc) is 3.50. The molecule has 0 bridgehead atoms. The second-order valence-corrected chi connectivity index (χ2v) is 9.72. The van der Waals surface area contributed by atoms with E-state index in [0.717, 1.165) is 16.0 Å². The number of hydrogen-bond donors (Lipinski definition) is 2. The Morgan fingerprint density at radius 3 is 3.00 bits per heavy atom. The number of benzene rings is 1. The van der Waals surface area contributed by atoms with Gasteiger partial charge in [-0.15, -0.1) is 22.0 Å². The topological polar surface area (TPSA) is 109 Å². The minimum atomic E-state index is -1.26. The van der Waals surface area contributed by atoms with Crippen LogP contribution < -0.4 is 0 Å². The molecule has 2 N–H and O–H groups in total. The molecule has 8 nitrogen and oxygen atoms in total. The molecule has 0 aliphatic carbocycles. The highest BCUT2D eigenvalue weighted by Gasteiger charge is 2.43. The van der Waals surface area contributed by atoms with E-state index in [4.69, 9.17) is 0 Å². The first kappa shape index (κ1) is 21.7. The molecule has 0 spiro atoms. The monoisotopic (exact) mass is 482 g/mol. The molecule has 33 heavy (non-hydrogen) atoms. The lowest BCUT2D eigenvalue weighted by Gasteiger charge is -2.19. The van der Waals surface area contributed by atoms with E-state index in [1.54, 1.807) is 18.5 Å². The van der Waals surface area contributed by atoms with Crippen LogP contribution in [0, 0.1) is 5.82 Å². The molecular weight excluding hydrogens is 463 g/mol. The zero-order valence-electron chi connectivity index (χ0n) is 17.5. The van der Waals surface area contributed by atoms with Crippen molar-refractivity contribution in [1.29, 1.82) is 0 Å². The van der Waals surface area contributed by atoms with E-state index in [1.807, 2.05) is 29.8 Å². The third-order valence-electron chi connectivity index (χ3n) is 5.42. The number of hydrogen-bond acceptors (Lipinski definition) is 7. The molecule has 4 aromatic rings. The Labute approximate surface area is 196 Å². The van der Waals surface area contributed by atoms with Gasteiger partial charge in [0.25, 0.3) is 0 Å². The van der Waals surface area contributed by atoms with Gasteiger partial charge >= 0.3 is 5.97 Å². The lowest BCUT2D eigenvalue weighted by Crippen LogP contribution is -2.39. The number of aliphatic carboxylic acids is 1. The number of H-pyrrole nitrogens is 1. The van der Waals surface area contributed by atoms with Gasteiger partial charge in [0.2, 0.25) is 0 Å². The van der Waals surface area contributed by atoms with Crippen molar-refractivity contribution in [3.8, 4) is 11.4 Å². The summed E-state index contributed by atoms with van der Waals surface area (Å²) in [5, 5.41) is 20.8. The lowest BCUT2D eigenvalue weighted by atomic mass is 9.96. The number of aliphatic imine (C=N–C) groups is 1. The molecule has 0 saturated heterocycles. The Morgan fingerprint density at radius 2 is 2.21 bits per heavy atom. The maximum absolute atomic E-state index is 13.5. The zero-order valence-corrected chi connectivity index (χ0v) is 19.2. The third-order valence-corrected chi connectivity index (χ3v) is 7.82. The van der Waals surface area contributed by atoms with E-state index in [2.05, 4.69) is 25.2 Å². The molecule has 11 heteroatoms. The highest BCUT2D eigenvalue weighted by molar-refractivity contribution is 8.16. The first-order valence-electron chi connectivity index (χ1n) is 10.1. The molecule has 0 radical (unpaired) electrons. The normalized spacial score (nSPS) is 18.1. The molecule has 1 aromatic carbocycles. The zero-order chi connectivity index (χ0) is 23.0. The van der Waals surface area contributed by atoms with Crippen molar-refractivity contribution in [3.05, 3.63) is 60.3 Å². The van der Waals surface area contributed by atoms with Gasteiger partial charge in [-0.05, 0) is 41.8 Å². The van der Waals surface area contributed by atoms with Crippen LogP contribution in [0.5, 0.6) is 0 Å². The number of pyridine rings is 1. The van der Waals surface area contributed by atoms with Crippen LogP contribution in [-0.4, -0.2) is 57.9 Å². The number of carboxylic acids is 1. The number of nitrogens with one attached hydrogen (secondary N) is 1. The molecular formula is C22H19FN6O2S2. The van der Waals surface area contributed by atoms with Crippen LogP contribution in [0.4, 0.5) is 4.39 Å². The predicted octanol–water partition coefficient (Wildman–Crippen LogP) is 3.80. The molecule has 0 amide bonds. The van der Waals surface area contributed by atoms with Crippen molar-refractivity contribution >= 4 is 45.4 Å². The summed E-state index contributed by atoms with van der Waals surface area (Å²) < 4.78 is 15.4. The van der Waals surface area contributed by atoms with Crippen molar-refractivity contribution in [2.75, 3.05) is 11.5 Å². The molecule has 3 aromatic heterocycles. The van der Waals surface area contributed by atoms with Crippen molar-refractivity contribution in [2.45, 2.75) is 17.1 Å². The summed E-state index contributed by atoms with van der Waals surface area (Å²) in [4.78, 5) is 24.1. The van der Waals surface area contributed by atoms with Crippen LogP contribution in [0.1, 0.15) is 5.69 Å². The smallest absolute Gasteiger partial charge is 0.332 e. The molecule has 4 heterocycles. The van der Waals surface area contributed by atoms with Crippen LogP contribution in [-0.2, 0) is 18.3 Å². The van der Waals surface area contributed by atoms with Gasteiger partial charge in [0, 0.05) is 54.1 Å². The summed E-state index contributed by atoms with van der Waals surface area (Å²) in [5.74, 6) is 0.227. The minimum Gasteiger partial charge on any atom is -0.479 e. The van der Waals surface area contributed by atoms with Gasteiger partial charge in [-0.3, -0.25) is 9.98 Å². The average molecular weight is 483 g/mol. The number of carboxylic acid groups (broad SMARTS) is 1. The summed E-state index contributed by atoms with van der Waals surface area (Å²) in [5.41, 5.74) is 0.962. The van der Waals surface area contributed by atoms with Crippen LogP contribution in [0.3, 0.4) is 0 Å². The Morgan fingerprint density at radius 1 is 1.33 bits per heavy atom. The van der Waals surface area contributed by atoms with E-state index in [-0.39, 0.29) is 12.2 Å². The van der Waals surface area contributed by atoms with Crippen LogP contribution in [0.25, 0.3) is 22.3 Å². The maximum atomic E-state index is 13.5. The first-order valence-corrected chi connectivity index (χ1v) is 12.1. The number of aromatic nitrogens is 5. The van der Waals surface area contributed by atoms with Gasteiger partial charge in [0.05, 0.1) is 5.04 Å². The van der Waals surface area contributed by atoms with E-state index < -0.39 is 11.5 Å². The Bertz CT molecular complexity index is 1370. The highest BCUT2D eigenvalue weighted by atomic mass is 32.2. The number of nitrogens with zero attached hydrogens (tertiary/aromatic N) is 5. The minimum absolute atomic E-state index is 0.203. The predicted molar refractivity (Wildman–Crippen MR) is 127 cm³/mol. The molecule has 168 valence electrons. The van der Waals surface area contributed by atoms with Crippen molar-refractivity contribution < 1.29 is 14.3 Å². The van der Waals surface area contributed by atoms with Gasteiger partial charge in [0.15, 0.2) is 16.5 Å². The summed E-state index contributed by atoms with van der Waals surface area (Å²) in [6.45, 7) is 0. The Kier molecular flexibility index (Phi) is 5.67. The lowest BCUT2D eigenvalue weighted by molar-refractivity contribution is -0.142. The van der Waals surface area contributed by atoms with E-state index in [1.165, 1.54) is 35.7 Å². The summed E-state index contributed by atoms with van der Waals surface area (Å²) in [6.07, 6.45) is 3.64. The summed E-state index contributed by atoms with van der Waals surface area (Å²) in [6, 6.07) is 10.1. The van der Waals surface area contributed by atoms with Gasteiger partial charge < -0.3 is 14.7 Å². The summed E-state index contributed by atoms with van der Waals surface area (Å²) in [7, 11) is 1.88. The van der Waals surface area contributed by atoms with Gasteiger partial charge in [-0.25, -0.2) is 9.18 Å². The number of carbonyl (C=O) groups is 1. The molecule has 0 saturated carbocycles. The van der Waals surface area contributed by atoms with Crippen LogP contribution >= 0.6 is 23.5 Å². The largest absolute Gasteiger partial charge is 0.479 e. The quantitative estimate of drug-likeness (QED) is 0.386. The number of fused-ring (bicyclic) bond motifs is 1. The highest BCUT2D eigenvalue weighted by Crippen LogP contribution is 2.34. The number of halogens is 1. The summed E-state index contributed by atoms with van der Waals surface area (Å²) >= 11 is 2.90. The van der Waals surface area contributed by atoms with E-state index >= 15 is 0 Å². The van der Waals surface area contributed by atoms with E-state index in [9.17, 15) is 14.3 Å². The number of aromatic amines is 1. The first-order chi connectivity index (χ1) is 15.9. The fourth-order valence-corrected chi connectivity index (χ4v) is 5.88. The van der Waals surface area contributed by atoms with Gasteiger partial charge in [-0.1, -0.05) is 11.8 Å². The van der Waals surface area contributed by atoms with Gasteiger partial charge in [0.1, 0.15) is 5.82 Å². The molecule has 1 atom stereocenters. The molecule has 1 unspecified atom stereocenters. The SMILES string of the molecule is Cn1c(SCC2=NC(Cc3cc4ccc(F)cc4[nH]3)(C(=O)O)CS2)nnc1-c1cccnc1. The third kappa shape index (κ3) is 4.25. The fourth-order valence-electron chi connectivity index (χ4n) is 3.74. The van der Waals surface area contributed by atoms with Crippen molar-refractivity contribution in [2.24, 2.45) is 12.0 Å². The molecule has 5 rings (SSSR count). The van der Waals surface area contributed by atoms with Crippen molar-refractivity contribution in [1.82, 2.24) is 24.7 Å². The van der Waals surface area contributed by atoms with Crippen LogP contribution in [0.15, 0.2) is 58.9 Å². The molecule has 1 aliphatic rings. The Hall–Kier alpha value is -3.18. The second kappa shape index (κ2) is 8.64. The molecule has 1 aliphatic heterocycles. The molecule has 0 fully saturated rings. The van der Waals surface area contributed by atoms with Gasteiger partial charge in [-0.2, -0.15) is 0 Å².